The van der Waals surface area contributed by atoms with Crippen LogP contribution in [0.15, 0.2) is 48.5 Å². The first kappa shape index (κ1) is 16.1. The second kappa shape index (κ2) is 7.67. The highest BCUT2D eigenvalue weighted by atomic mass is 16.5. The van der Waals surface area contributed by atoms with Gasteiger partial charge in [0.05, 0.1) is 6.61 Å². The Balaban J connectivity index is 1.60. The van der Waals surface area contributed by atoms with Crippen molar-refractivity contribution in [3.05, 3.63) is 59.7 Å². The Bertz CT molecular complexity index is 718. The van der Waals surface area contributed by atoms with Gasteiger partial charge in [-0.2, -0.15) is 0 Å². The first-order valence-electron chi connectivity index (χ1n) is 7.91. The van der Waals surface area contributed by atoms with Crippen LogP contribution >= 0.6 is 0 Å². The largest absolute Gasteiger partial charge is 0.449 e. The number of terminal acetylenes is 1. The first-order chi connectivity index (χ1) is 11.8. The van der Waals surface area contributed by atoms with Crippen LogP contribution in [-0.4, -0.2) is 32.5 Å². The summed E-state index contributed by atoms with van der Waals surface area (Å²) in [6.07, 6.45) is 4.64. The maximum atomic E-state index is 11.8. The van der Waals surface area contributed by atoms with Crippen LogP contribution in [-0.2, 0) is 9.47 Å². The van der Waals surface area contributed by atoms with Gasteiger partial charge in [-0.1, -0.05) is 54.5 Å². The Morgan fingerprint density at radius 3 is 2.33 bits per heavy atom. The van der Waals surface area contributed by atoms with E-state index in [4.69, 9.17) is 15.9 Å². The summed E-state index contributed by atoms with van der Waals surface area (Å²) in [5.74, 6) is 2.44. The van der Waals surface area contributed by atoms with Gasteiger partial charge in [-0.15, -0.1) is 6.42 Å². The molecule has 1 aliphatic carbocycles. The molecular weight excluding hydrogens is 302 g/mol. The van der Waals surface area contributed by atoms with Gasteiger partial charge in [0.2, 0.25) is 0 Å². The minimum Gasteiger partial charge on any atom is -0.449 e. The number of nitrogens with one attached hydrogen (secondary N) is 1. The van der Waals surface area contributed by atoms with Crippen LogP contribution in [0.5, 0.6) is 0 Å². The van der Waals surface area contributed by atoms with E-state index in [2.05, 4.69) is 35.5 Å². The van der Waals surface area contributed by atoms with Crippen molar-refractivity contribution in [1.29, 1.82) is 0 Å². The zero-order valence-electron chi connectivity index (χ0n) is 13.3. The number of hydrogen-bond acceptors (Lipinski definition) is 3. The molecule has 0 aliphatic heterocycles. The second-order valence-electron chi connectivity index (χ2n) is 5.51. The lowest BCUT2D eigenvalue weighted by atomic mass is 9.98. The molecule has 0 radical (unpaired) electrons. The lowest BCUT2D eigenvalue weighted by Crippen LogP contribution is -2.29. The number of alkyl carbamates (subject to hydrolysis) is 1. The van der Waals surface area contributed by atoms with Crippen molar-refractivity contribution in [2.24, 2.45) is 0 Å². The normalized spacial score (nSPS) is 12.1. The molecule has 2 aromatic carbocycles. The highest BCUT2D eigenvalue weighted by Gasteiger charge is 2.28. The summed E-state index contributed by atoms with van der Waals surface area (Å²) >= 11 is 0. The third-order valence-corrected chi connectivity index (χ3v) is 4.04. The Morgan fingerprint density at radius 2 is 1.71 bits per heavy atom. The quantitative estimate of drug-likeness (QED) is 0.657. The molecule has 0 spiro atoms. The topological polar surface area (TPSA) is 47.6 Å². The summed E-state index contributed by atoms with van der Waals surface area (Å²) in [4.78, 5) is 11.8. The average molecular weight is 321 g/mol. The van der Waals surface area contributed by atoms with Crippen LogP contribution in [0.3, 0.4) is 0 Å². The minimum atomic E-state index is -0.443. The SMILES string of the molecule is C#CCOCCNC(=O)OCC1c2ccccc2-c2ccccc21. The molecular formula is C20H19NO3. The van der Waals surface area contributed by atoms with E-state index in [0.717, 1.165) is 0 Å². The Morgan fingerprint density at radius 1 is 1.08 bits per heavy atom. The molecule has 1 amide bonds. The molecule has 0 unspecified atom stereocenters. The summed E-state index contributed by atoms with van der Waals surface area (Å²) in [5, 5.41) is 2.66. The average Bonchev–Trinajstić information content (AvgIpc) is 2.94. The van der Waals surface area contributed by atoms with Gasteiger partial charge in [-0.25, -0.2) is 4.79 Å². The predicted octanol–water partition coefficient (Wildman–Crippen LogP) is 3.17. The molecule has 3 rings (SSSR count). The molecule has 0 saturated carbocycles. The number of carbonyl (C=O) groups excluding carboxylic acids is 1. The second-order valence-corrected chi connectivity index (χ2v) is 5.51. The smallest absolute Gasteiger partial charge is 0.407 e. The number of hydrogen-bond donors (Lipinski definition) is 1. The summed E-state index contributed by atoms with van der Waals surface area (Å²) in [7, 11) is 0. The van der Waals surface area contributed by atoms with Gasteiger partial charge in [-0.05, 0) is 22.3 Å². The molecule has 0 fully saturated rings. The Hall–Kier alpha value is -2.77. The number of fused-ring (bicyclic) bond motifs is 3. The van der Waals surface area contributed by atoms with Crippen LogP contribution in [0.25, 0.3) is 11.1 Å². The maximum Gasteiger partial charge on any atom is 0.407 e. The van der Waals surface area contributed by atoms with Gasteiger partial charge in [-0.3, -0.25) is 0 Å². The van der Waals surface area contributed by atoms with Crippen LogP contribution in [0.4, 0.5) is 4.79 Å². The zero-order valence-corrected chi connectivity index (χ0v) is 13.3. The molecule has 0 atom stereocenters. The molecule has 0 heterocycles. The molecule has 0 saturated heterocycles. The van der Waals surface area contributed by atoms with Crippen LogP contribution in [0, 0.1) is 12.3 Å². The Kier molecular flexibility index (Phi) is 5.15. The van der Waals surface area contributed by atoms with Crippen molar-refractivity contribution in [3.63, 3.8) is 0 Å². The minimum absolute atomic E-state index is 0.0702. The highest BCUT2D eigenvalue weighted by Crippen LogP contribution is 2.44. The van der Waals surface area contributed by atoms with Crippen molar-refractivity contribution in [1.82, 2.24) is 5.32 Å². The highest BCUT2D eigenvalue weighted by molar-refractivity contribution is 5.79. The standard InChI is InChI=1S/C20H19NO3/c1-2-12-23-13-11-21-20(22)24-14-19-17-9-5-3-7-15(17)16-8-4-6-10-18(16)19/h1,3-10,19H,11-14H2,(H,21,22). The van der Waals surface area contributed by atoms with E-state index < -0.39 is 6.09 Å². The van der Waals surface area contributed by atoms with Crippen molar-refractivity contribution < 1.29 is 14.3 Å². The summed E-state index contributed by atoms with van der Waals surface area (Å²) in [6, 6.07) is 16.5. The molecule has 2 aromatic rings. The first-order valence-corrected chi connectivity index (χ1v) is 7.91. The number of ether oxygens (including phenoxy) is 2. The van der Waals surface area contributed by atoms with Crippen molar-refractivity contribution in [2.45, 2.75) is 5.92 Å². The van der Waals surface area contributed by atoms with Crippen molar-refractivity contribution in [2.75, 3.05) is 26.4 Å². The lowest BCUT2D eigenvalue weighted by molar-refractivity contribution is 0.132. The van der Waals surface area contributed by atoms with E-state index >= 15 is 0 Å². The van der Waals surface area contributed by atoms with Crippen molar-refractivity contribution >= 4 is 6.09 Å². The molecule has 122 valence electrons. The van der Waals surface area contributed by atoms with E-state index in [-0.39, 0.29) is 12.5 Å². The summed E-state index contributed by atoms with van der Waals surface area (Å²) < 4.78 is 10.5. The number of benzene rings is 2. The molecule has 0 bridgehead atoms. The molecule has 4 heteroatoms. The third kappa shape index (κ3) is 3.42. The van der Waals surface area contributed by atoms with E-state index in [1.807, 2.05) is 24.3 Å². The van der Waals surface area contributed by atoms with Gasteiger partial charge >= 0.3 is 6.09 Å². The van der Waals surface area contributed by atoms with Gasteiger partial charge in [0.25, 0.3) is 0 Å². The molecule has 1 N–H and O–H groups in total. The van der Waals surface area contributed by atoms with E-state index in [1.54, 1.807) is 0 Å². The van der Waals surface area contributed by atoms with E-state index in [9.17, 15) is 4.79 Å². The predicted molar refractivity (Wildman–Crippen MR) is 92.7 cm³/mol. The van der Waals surface area contributed by atoms with Gasteiger partial charge in [0, 0.05) is 12.5 Å². The fourth-order valence-corrected chi connectivity index (χ4v) is 3.01. The summed E-state index contributed by atoms with van der Waals surface area (Å²) in [5.41, 5.74) is 4.82. The van der Waals surface area contributed by atoms with Crippen LogP contribution < -0.4 is 5.32 Å². The van der Waals surface area contributed by atoms with E-state index in [1.165, 1.54) is 22.3 Å². The third-order valence-electron chi connectivity index (χ3n) is 4.04. The monoisotopic (exact) mass is 321 g/mol. The fraction of sp³-hybridized carbons (Fsp3) is 0.250. The van der Waals surface area contributed by atoms with E-state index in [0.29, 0.717) is 19.8 Å². The van der Waals surface area contributed by atoms with Crippen LogP contribution in [0.1, 0.15) is 17.0 Å². The van der Waals surface area contributed by atoms with Gasteiger partial charge in [0.1, 0.15) is 13.2 Å². The maximum absolute atomic E-state index is 11.8. The number of rotatable bonds is 6. The summed E-state index contributed by atoms with van der Waals surface area (Å²) in [6.45, 7) is 1.30. The lowest BCUT2D eigenvalue weighted by Gasteiger charge is -2.14. The molecule has 4 nitrogen and oxygen atoms in total. The zero-order chi connectivity index (χ0) is 16.8. The van der Waals surface area contributed by atoms with Gasteiger partial charge in [0.15, 0.2) is 0 Å². The molecule has 0 aromatic heterocycles. The van der Waals surface area contributed by atoms with Crippen molar-refractivity contribution in [3.8, 4) is 23.5 Å². The number of carbonyl (C=O) groups is 1. The van der Waals surface area contributed by atoms with Gasteiger partial charge < -0.3 is 14.8 Å². The van der Waals surface area contributed by atoms with Crippen LogP contribution in [0.2, 0.25) is 0 Å². The fourth-order valence-electron chi connectivity index (χ4n) is 3.01. The Labute approximate surface area is 141 Å². The number of amides is 1. The molecule has 24 heavy (non-hydrogen) atoms. The molecule has 1 aliphatic rings.